The smallest absolute Gasteiger partial charge is 0.272 e. The van der Waals surface area contributed by atoms with E-state index >= 15 is 0 Å². The van der Waals surface area contributed by atoms with Gasteiger partial charge in [-0.1, -0.05) is 6.92 Å². The van der Waals surface area contributed by atoms with E-state index in [1.807, 2.05) is 0 Å². The molecule has 1 rings (SSSR count). The lowest BCUT2D eigenvalue weighted by molar-refractivity contribution is 0.169. The molecule has 3 heteroatoms. The molecule has 0 aliphatic carbocycles. The van der Waals surface area contributed by atoms with E-state index in [2.05, 4.69) is 18.7 Å². The topological polar surface area (TPSA) is 3.24 Å². The van der Waals surface area contributed by atoms with Crippen molar-refractivity contribution < 1.29 is 8.78 Å². The minimum Gasteiger partial charge on any atom is -0.292 e. The van der Waals surface area contributed by atoms with Gasteiger partial charge in [0.15, 0.2) is 0 Å². The number of hydrogen-bond acceptors (Lipinski definition) is 1. The van der Waals surface area contributed by atoms with Crippen molar-refractivity contribution in [2.24, 2.45) is 0 Å². The van der Waals surface area contributed by atoms with E-state index in [1.54, 1.807) is 0 Å². The number of likely N-dealkylation sites (tertiary alicyclic amines) is 1. The van der Waals surface area contributed by atoms with Gasteiger partial charge in [-0.3, -0.25) is 4.90 Å². The van der Waals surface area contributed by atoms with Crippen LogP contribution in [0.25, 0.3) is 0 Å². The van der Waals surface area contributed by atoms with E-state index < -0.39 is 6.08 Å². The second kappa shape index (κ2) is 3.30. The minimum atomic E-state index is -1.48. The Balaban J connectivity index is 2.35. The summed E-state index contributed by atoms with van der Waals surface area (Å²) in [6, 6.07) is 0.443. The molecule has 1 fully saturated rings. The van der Waals surface area contributed by atoms with Crippen molar-refractivity contribution in [2.45, 2.75) is 26.3 Å². The Morgan fingerprint density at radius 1 is 1.55 bits per heavy atom. The molecule has 0 saturated carbocycles. The van der Waals surface area contributed by atoms with Crippen molar-refractivity contribution in [3.8, 4) is 0 Å². The van der Waals surface area contributed by atoms with Crippen LogP contribution >= 0.6 is 0 Å². The van der Waals surface area contributed by atoms with Crippen LogP contribution in [0.4, 0.5) is 8.78 Å². The van der Waals surface area contributed by atoms with Crippen molar-refractivity contribution in [2.75, 3.05) is 13.1 Å². The molecular weight excluding hydrogens is 148 g/mol. The van der Waals surface area contributed by atoms with Crippen molar-refractivity contribution in [3.63, 3.8) is 0 Å². The first-order valence-corrected chi connectivity index (χ1v) is 3.92. The van der Waals surface area contributed by atoms with Gasteiger partial charge in [0.1, 0.15) is 0 Å². The summed E-state index contributed by atoms with van der Waals surface area (Å²) in [4.78, 5) is 2.05. The Labute approximate surface area is 65.7 Å². The van der Waals surface area contributed by atoms with Gasteiger partial charge in [0.05, 0.1) is 0 Å². The maximum atomic E-state index is 11.9. The summed E-state index contributed by atoms with van der Waals surface area (Å²) in [5.74, 6) is 0. The second-order valence-electron chi connectivity index (χ2n) is 3.03. The fourth-order valence-electron chi connectivity index (χ4n) is 1.13. The first kappa shape index (κ1) is 8.65. The molecule has 1 nitrogen and oxygen atoms in total. The second-order valence-corrected chi connectivity index (χ2v) is 3.03. The van der Waals surface area contributed by atoms with Gasteiger partial charge in [-0.25, -0.2) is 0 Å². The third-order valence-corrected chi connectivity index (χ3v) is 2.27. The highest BCUT2D eigenvalue weighted by Crippen LogP contribution is 2.23. The zero-order chi connectivity index (χ0) is 8.43. The molecule has 0 spiro atoms. The SMILES string of the molecule is CC[C@@H](C)N1CC(=C(F)F)C1. The fraction of sp³-hybridized carbons (Fsp3) is 0.750. The summed E-state index contributed by atoms with van der Waals surface area (Å²) in [6.07, 6.45) is -0.453. The quantitative estimate of drug-likeness (QED) is 0.600. The predicted molar refractivity (Wildman–Crippen MR) is 40.6 cm³/mol. The summed E-state index contributed by atoms with van der Waals surface area (Å²) < 4.78 is 23.7. The highest BCUT2D eigenvalue weighted by molar-refractivity contribution is 5.16. The highest BCUT2D eigenvalue weighted by Gasteiger charge is 2.27. The molecule has 0 bridgehead atoms. The third-order valence-electron chi connectivity index (χ3n) is 2.27. The predicted octanol–water partition coefficient (Wildman–Crippen LogP) is 2.25. The lowest BCUT2D eigenvalue weighted by atomic mass is 10.1. The summed E-state index contributed by atoms with van der Waals surface area (Å²) >= 11 is 0. The molecule has 1 saturated heterocycles. The van der Waals surface area contributed by atoms with Crippen LogP contribution in [0.2, 0.25) is 0 Å². The van der Waals surface area contributed by atoms with Gasteiger partial charge < -0.3 is 0 Å². The van der Waals surface area contributed by atoms with E-state index in [0.717, 1.165) is 6.42 Å². The average molecular weight is 161 g/mol. The minimum absolute atomic E-state index is 0.310. The summed E-state index contributed by atoms with van der Waals surface area (Å²) in [7, 11) is 0. The third kappa shape index (κ3) is 1.77. The maximum Gasteiger partial charge on any atom is 0.272 e. The number of rotatable bonds is 2. The molecule has 0 unspecified atom stereocenters. The van der Waals surface area contributed by atoms with E-state index in [0.29, 0.717) is 24.7 Å². The van der Waals surface area contributed by atoms with Crippen LogP contribution in [0.5, 0.6) is 0 Å². The Hall–Kier alpha value is -0.440. The molecule has 1 heterocycles. The van der Waals surface area contributed by atoms with Gasteiger partial charge in [-0.05, 0) is 13.3 Å². The molecule has 11 heavy (non-hydrogen) atoms. The Kier molecular flexibility index (Phi) is 2.60. The van der Waals surface area contributed by atoms with E-state index in [1.165, 1.54) is 0 Å². The molecular formula is C8H13F2N. The Morgan fingerprint density at radius 2 is 2.09 bits per heavy atom. The molecule has 0 amide bonds. The lowest BCUT2D eigenvalue weighted by Gasteiger charge is -2.37. The summed E-state index contributed by atoms with van der Waals surface area (Å²) in [5, 5.41) is 0. The van der Waals surface area contributed by atoms with Crippen LogP contribution in [0.15, 0.2) is 11.7 Å². The van der Waals surface area contributed by atoms with Gasteiger partial charge >= 0.3 is 0 Å². The summed E-state index contributed by atoms with van der Waals surface area (Å²) in [5.41, 5.74) is 0.310. The van der Waals surface area contributed by atoms with E-state index in [4.69, 9.17) is 0 Å². The van der Waals surface area contributed by atoms with Gasteiger partial charge in [0, 0.05) is 24.7 Å². The normalized spacial score (nSPS) is 21.3. The Morgan fingerprint density at radius 3 is 2.45 bits per heavy atom. The van der Waals surface area contributed by atoms with Gasteiger partial charge in [0.25, 0.3) is 6.08 Å². The van der Waals surface area contributed by atoms with E-state index in [-0.39, 0.29) is 0 Å². The zero-order valence-electron chi connectivity index (χ0n) is 6.90. The van der Waals surface area contributed by atoms with Crippen molar-refractivity contribution in [1.29, 1.82) is 0 Å². The standard InChI is InChI=1S/C8H13F2N/c1-3-6(2)11-4-7(5-11)8(9)10/h6H,3-5H2,1-2H3/t6-/m1/s1. The van der Waals surface area contributed by atoms with Crippen LogP contribution in [0.1, 0.15) is 20.3 Å². The molecule has 0 radical (unpaired) electrons. The Bertz CT molecular complexity index is 165. The molecule has 0 aromatic rings. The highest BCUT2D eigenvalue weighted by atomic mass is 19.3. The molecule has 0 aromatic heterocycles. The molecule has 1 atom stereocenters. The maximum absolute atomic E-state index is 11.9. The van der Waals surface area contributed by atoms with Crippen molar-refractivity contribution in [3.05, 3.63) is 11.7 Å². The zero-order valence-corrected chi connectivity index (χ0v) is 6.90. The van der Waals surface area contributed by atoms with Crippen LogP contribution < -0.4 is 0 Å². The largest absolute Gasteiger partial charge is 0.292 e. The molecule has 1 aliphatic rings. The monoisotopic (exact) mass is 161 g/mol. The summed E-state index contributed by atoms with van der Waals surface area (Å²) in [6.45, 7) is 5.07. The van der Waals surface area contributed by atoms with Gasteiger partial charge in [0.2, 0.25) is 0 Å². The number of halogens is 2. The van der Waals surface area contributed by atoms with Crippen LogP contribution in [0, 0.1) is 0 Å². The van der Waals surface area contributed by atoms with Crippen LogP contribution in [-0.2, 0) is 0 Å². The number of hydrogen-bond donors (Lipinski definition) is 0. The fourth-order valence-corrected chi connectivity index (χ4v) is 1.13. The van der Waals surface area contributed by atoms with Crippen molar-refractivity contribution in [1.82, 2.24) is 4.90 Å². The lowest BCUT2D eigenvalue weighted by Crippen LogP contribution is -2.45. The van der Waals surface area contributed by atoms with Gasteiger partial charge in [-0.15, -0.1) is 0 Å². The molecule has 0 aromatic carbocycles. The molecule has 0 N–H and O–H groups in total. The molecule has 1 aliphatic heterocycles. The number of nitrogens with zero attached hydrogens (tertiary/aromatic N) is 1. The van der Waals surface area contributed by atoms with Crippen LogP contribution in [-0.4, -0.2) is 24.0 Å². The van der Waals surface area contributed by atoms with Crippen LogP contribution in [0.3, 0.4) is 0 Å². The van der Waals surface area contributed by atoms with Crippen molar-refractivity contribution >= 4 is 0 Å². The first-order chi connectivity index (χ1) is 5.15. The van der Waals surface area contributed by atoms with E-state index in [9.17, 15) is 8.78 Å². The van der Waals surface area contributed by atoms with Gasteiger partial charge in [-0.2, -0.15) is 8.78 Å². The average Bonchev–Trinajstić information content (AvgIpc) is 1.83. The molecule has 64 valence electrons. The first-order valence-electron chi connectivity index (χ1n) is 3.92.